The van der Waals surface area contributed by atoms with Crippen molar-refractivity contribution in [3.05, 3.63) is 23.9 Å². The number of pyridine rings is 1. The molecule has 0 saturated heterocycles. The number of amides is 1. The van der Waals surface area contributed by atoms with Gasteiger partial charge in [0.25, 0.3) is 0 Å². The Morgan fingerprint density at radius 2 is 2.38 bits per heavy atom. The number of hydrogen-bond acceptors (Lipinski definition) is 3. The van der Waals surface area contributed by atoms with Gasteiger partial charge >= 0.3 is 0 Å². The van der Waals surface area contributed by atoms with Gasteiger partial charge in [-0.05, 0) is 36.8 Å². The zero-order valence-electron chi connectivity index (χ0n) is 9.44. The van der Waals surface area contributed by atoms with E-state index in [9.17, 15) is 4.79 Å². The molecule has 0 aromatic carbocycles. The molecular formula is C12H17N3O. The molecule has 1 saturated carbocycles. The molecule has 0 aliphatic heterocycles. The van der Waals surface area contributed by atoms with Crippen LogP contribution in [0.5, 0.6) is 0 Å². The molecule has 4 nitrogen and oxygen atoms in total. The first kappa shape index (κ1) is 10.9. The van der Waals surface area contributed by atoms with Crippen LogP contribution in [0.1, 0.15) is 30.1 Å². The van der Waals surface area contributed by atoms with E-state index in [4.69, 9.17) is 5.73 Å². The molecule has 2 rings (SSSR count). The Bertz CT molecular complexity index is 370. The molecule has 86 valence electrons. The van der Waals surface area contributed by atoms with Crippen LogP contribution >= 0.6 is 0 Å². The average Bonchev–Trinajstić information content (AvgIpc) is 3.10. The first-order valence-corrected chi connectivity index (χ1v) is 5.66. The maximum Gasteiger partial charge on any atom is 0.250 e. The molecule has 1 aliphatic rings. The summed E-state index contributed by atoms with van der Waals surface area (Å²) in [5, 5.41) is 3.27. The quantitative estimate of drug-likeness (QED) is 0.791. The van der Waals surface area contributed by atoms with E-state index in [0.29, 0.717) is 11.5 Å². The topological polar surface area (TPSA) is 68.0 Å². The van der Waals surface area contributed by atoms with Crippen LogP contribution < -0.4 is 11.1 Å². The van der Waals surface area contributed by atoms with Gasteiger partial charge < -0.3 is 11.1 Å². The van der Waals surface area contributed by atoms with Gasteiger partial charge in [-0.1, -0.05) is 6.92 Å². The maximum absolute atomic E-state index is 10.8. The normalized spacial score (nSPS) is 16.8. The van der Waals surface area contributed by atoms with Crippen molar-refractivity contribution >= 4 is 11.7 Å². The highest BCUT2D eigenvalue weighted by atomic mass is 16.1. The molecule has 1 aliphatic carbocycles. The molecule has 1 heterocycles. The lowest BCUT2D eigenvalue weighted by Crippen LogP contribution is -2.15. The Hall–Kier alpha value is -1.58. The highest BCUT2D eigenvalue weighted by Crippen LogP contribution is 2.36. The lowest BCUT2D eigenvalue weighted by Gasteiger charge is -2.11. The van der Waals surface area contributed by atoms with E-state index >= 15 is 0 Å². The molecule has 1 aromatic rings. The predicted octanol–water partition coefficient (Wildman–Crippen LogP) is 1.64. The second kappa shape index (κ2) is 4.51. The number of carbonyl (C=O) groups is 1. The summed E-state index contributed by atoms with van der Waals surface area (Å²) in [5.41, 5.74) is 5.58. The Morgan fingerprint density at radius 3 is 2.88 bits per heavy atom. The first-order chi connectivity index (χ1) is 7.66. The van der Waals surface area contributed by atoms with Gasteiger partial charge in [-0.25, -0.2) is 4.98 Å². The van der Waals surface area contributed by atoms with E-state index in [0.717, 1.165) is 18.3 Å². The number of aromatic nitrogens is 1. The number of anilines is 1. The van der Waals surface area contributed by atoms with Crippen LogP contribution in [0.25, 0.3) is 0 Å². The minimum absolute atomic E-state index is 0.439. The summed E-state index contributed by atoms with van der Waals surface area (Å²) < 4.78 is 0. The molecule has 1 fully saturated rings. The van der Waals surface area contributed by atoms with Crippen LogP contribution in [0, 0.1) is 11.8 Å². The molecule has 1 atom stereocenters. The van der Waals surface area contributed by atoms with Crippen LogP contribution in [0.2, 0.25) is 0 Å². The number of nitrogens with two attached hydrogens (primary N) is 1. The molecule has 0 bridgehead atoms. The average molecular weight is 219 g/mol. The summed E-state index contributed by atoms with van der Waals surface area (Å²) in [6.45, 7) is 3.19. The SMILES string of the molecule is CC(CNc1ccc(C(N)=O)cn1)C1CC1. The maximum atomic E-state index is 10.8. The van der Waals surface area contributed by atoms with Crippen LogP contribution in [0.15, 0.2) is 18.3 Å². The molecule has 4 heteroatoms. The first-order valence-electron chi connectivity index (χ1n) is 5.66. The van der Waals surface area contributed by atoms with Gasteiger partial charge in [-0.3, -0.25) is 4.79 Å². The van der Waals surface area contributed by atoms with Crippen molar-refractivity contribution in [2.24, 2.45) is 17.6 Å². The second-order valence-corrected chi connectivity index (χ2v) is 4.49. The predicted molar refractivity (Wildman–Crippen MR) is 63.1 cm³/mol. The van der Waals surface area contributed by atoms with Gasteiger partial charge in [0.1, 0.15) is 5.82 Å². The zero-order chi connectivity index (χ0) is 11.5. The molecule has 16 heavy (non-hydrogen) atoms. The van der Waals surface area contributed by atoms with Crippen molar-refractivity contribution in [1.82, 2.24) is 4.98 Å². The number of nitrogens with one attached hydrogen (secondary N) is 1. The summed E-state index contributed by atoms with van der Waals surface area (Å²) >= 11 is 0. The molecule has 1 amide bonds. The minimum Gasteiger partial charge on any atom is -0.370 e. The Balaban J connectivity index is 1.86. The smallest absolute Gasteiger partial charge is 0.250 e. The van der Waals surface area contributed by atoms with E-state index in [1.54, 1.807) is 12.1 Å². The zero-order valence-corrected chi connectivity index (χ0v) is 9.44. The highest BCUT2D eigenvalue weighted by Gasteiger charge is 2.27. The summed E-state index contributed by atoms with van der Waals surface area (Å²) in [7, 11) is 0. The van der Waals surface area contributed by atoms with Crippen LogP contribution in [0.4, 0.5) is 5.82 Å². The standard InChI is InChI=1S/C12H17N3O/c1-8(9-2-3-9)6-14-11-5-4-10(7-15-11)12(13)16/h4-5,7-9H,2-3,6H2,1H3,(H2,13,16)(H,14,15). The van der Waals surface area contributed by atoms with Crippen molar-refractivity contribution in [1.29, 1.82) is 0 Å². The molecule has 3 N–H and O–H groups in total. The number of rotatable bonds is 5. The molecular weight excluding hydrogens is 202 g/mol. The van der Waals surface area contributed by atoms with E-state index < -0.39 is 5.91 Å². The molecule has 1 unspecified atom stereocenters. The molecule has 1 aromatic heterocycles. The monoisotopic (exact) mass is 219 g/mol. The van der Waals surface area contributed by atoms with E-state index in [1.807, 2.05) is 0 Å². The third-order valence-corrected chi connectivity index (χ3v) is 3.08. The molecule has 0 spiro atoms. The summed E-state index contributed by atoms with van der Waals surface area (Å²) in [6.07, 6.45) is 4.22. The Morgan fingerprint density at radius 1 is 1.62 bits per heavy atom. The second-order valence-electron chi connectivity index (χ2n) is 4.49. The summed E-state index contributed by atoms with van der Waals surface area (Å²) in [6, 6.07) is 3.49. The van der Waals surface area contributed by atoms with Crippen molar-refractivity contribution < 1.29 is 4.79 Å². The number of hydrogen-bond donors (Lipinski definition) is 2. The fourth-order valence-corrected chi connectivity index (χ4v) is 1.74. The van der Waals surface area contributed by atoms with Crippen molar-refractivity contribution in [3.63, 3.8) is 0 Å². The third kappa shape index (κ3) is 2.72. The van der Waals surface area contributed by atoms with Crippen LogP contribution in [-0.2, 0) is 0 Å². The van der Waals surface area contributed by atoms with Gasteiger partial charge in [-0.15, -0.1) is 0 Å². The van der Waals surface area contributed by atoms with Gasteiger partial charge in [-0.2, -0.15) is 0 Å². The Labute approximate surface area is 95.3 Å². The summed E-state index contributed by atoms with van der Waals surface area (Å²) in [5.74, 6) is 1.94. The fourth-order valence-electron chi connectivity index (χ4n) is 1.74. The van der Waals surface area contributed by atoms with Crippen LogP contribution in [0.3, 0.4) is 0 Å². The van der Waals surface area contributed by atoms with Crippen molar-refractivity contribution in [3.8, 4) is 0 Å². The Kier molecular flexibility index (Phi) is 3.08. The van der Waals surface area contributed by atoms with Gasteiger partial charge in [0.15, 0.2) is 0 Å². The number of carbonyl (C=O) groups excluding carboxylic acids is 1. The largest absolute Gasteiger partial charge is 0.370 e. The van der Waals surface area contributed by atoms with Gasteiger partial charge in [0, 0.05) is 12.7 Å². The van der Waals surface area contributed by atoms with Gasteiger partial charge in [0.2, 0.25) is 5.91 Å². The third-order valence-electron chi connectivity index (χ3n) is 3.08. The van der Waals surface area contributed by atoms with Crippen molar-refractivity contribution in [2.45, 2.75) is 19.8 Å². The molecule has 0 radical (unpaired) electrons. The lowest BCUT2D eigenvalue weighted by molar-refractivity contribution is 0.1000. The van der Waals surface area contributed by atoms with Crippen molar-refractivity contribution in [2.75, 3.05) is 11.9 Å². The number of nitrogens with zero attached hydrogens (tertiary/aromatic N) is 1. The van der Waals surface area contributed by atoms with E-state index in [-0.39, 0.29) is 0 Å². The number of primary amides is 1. The lowest BCUT2D eigenvalue weighted by atomic mass is 10.1. The highest BCUT2D eigenvalue weighted by molar-refractivity contribution is 5.92. The van der Waals surface area contributed by atoms with E-state index in [1.165, 1.54) is 19.0 Å². The van der Waals surface area contributed by atoms with E-state index in [2.05, 4.69) is 17.2 Å². The fraction of sp³-hybridized carbons (Fsp3) is 0.500. The summed E-state index contributed by atoms with van der Waals surface area (Å²) in [4.78, 5) is 15.0. The van der Waals surface area contributed by atoms with Gasteiger partial charge in [0.05, 0.1) is 5.56 Å². The van der Waals surface area contributed by atoms with Crippen LogP contribution in [-0.4, -0.2) is 17.4 Å². The minimum atomic E-state index is -0.439.